The molecule has 4 heteroatoms. The number of rotatable bonds is 4. The van der Waals surface area contributed by atoms with E-state index in [1.165, 1.54) is 16.5 Å². The van der Waals surface area contributed by atoms with Gasteiger partial charge < -0.3 is 0 Å². The smallest absolute Gasteiger partial charge is 0.135 e. The van der Waals surface area contributed by atoms with Crippen LogP contribution in [0.15, 0.2) is 53.2 Å². The van der Waals surface area contributed by atoms with Crippen LogP contribution in [0.4, 0.5) is 0 Å². The van der Waals surface area contributed by atoms with Crippen molar-refractivity contribution in [3.63, 3.8) is 0 Å². The Morgan fingerprint density at radius 2 is 1.72 bits per heavy atom. The summed E-state index contributed by atoms with van der Waals surface area (Å²) >= 11 is 0. The number of fused-ring (bicyclic) bond motifs is 2. The summed E-state index contributed by atoms with van der Waals surface area (Å²) in [5.41, 5.74) is 6.36. The zero-order valence-electron chi connectivity index (χ0n) is 14.7. The molecule has 2 aromatic heterocycles. The average molecular weight is 331 g/mol. The van der Waals surface area contributed by atoms with Crippen molar-refractivity contribution in [2.75, 3.05) is 0 Å². The third kappa shape index (κ3) is 3.00. The van der Waals surface area contributed by atoms with Crippen LogP contribution in [0, 0.1) is 0 Å². The lowest BCUT2D eigenvalue weighted by Crippen LogP contribution is -2.01. The van der Waals surface area contributed by atoms with Gasteiger partial charge in [-0.25, -0.2) is 4.63 Å². The van der Waals surface area contributed by atoms with Crippen LogP contribution in [0.1, 0.15) is 49.4 Å². The number of benzene rings is 2. The maximum atomic E-state index is 4.89. The molecule has 4 rings (SSSR count). The third-order valence-corrected chi connectivity index (χ3v) is 4.81. The van der Waals surface area contributed by atoms with Crippen LogP contribution in [-0.4, -0.2) is 15.3 Å². The van der Waals surface area contributed by atoms with Gasteiger partial charge in [0.25, 0.3) is 0 Å². The Labute approximate surface area is 146 Å². The van der Waals surface area contributed by atoms with Gasteiger partial charge >= 0.3 is 0 Å². The number of hydrogen-bond donors (Lipinski definition) is 0. The van der Waals surface area contributed by atoms with Crippen LogP contribution in [0.5, 0.6) is 0 Å². The molecular weight excluding hydrogens is 310 g/mol. The highest BCUT2D eigenvalue weighted by atomic mass is 16.6. The molecule has 0 saturated carbocycles. The molecule has 4 aromatic rings. The van der Waals surface area contributed by atoms with Crippen LogP contribution < -0.4 is 0 Å². The van der Waals surface area contributed by atoms with Crippen molar-refractivity contribution in [1.82, 2.24) is 15.3 Å². The molecule has 0 bridgehead atoms. The van der Waals surface area contributed by atoms with Crippen molar-refractivity contribution in [2.45, 2.75) is 39.0 Å². The molecular formula is C21H21N3O. The zero-order valence-corrected chi connectivity index (χ0v) is 14.7. The van der Waals surface area contributed by atoms with Crippen LogP contribution in [0.2, 0.25) is 0 Å². The fourth-order valence-corrected chi connectivity index (χ4v) is 3.38. The molecule has 0 saturated heterocycles. The van der Waals surface area contributed by atoms with Gasteiger partial charge in [-0.15, -0.1) is 0 Å². The summed E-state index contributed by atoms with van der Waals surface area (Å²) in [6, 6.07) is 16.9. The second-order valence-corrected chi connectivity index (χ2v) is 6.99. The summed E-state index contributed by atoms with van der Waals surface area (Å²) < 4.78 is 4.78. The van der Waals surface area contributed by atoms with E-state index in [1.54, 1.807) is 0 Å². The van der Waals surface area contributed by atoms with Gasteiger partial charge in [0.05, 0.1) is 5.52 Å². The van der Waals surface area contributed by atoms with E-state index in [0.717, 1.165) is 28.7 Å². The summed E-state index contributed by atoms with van der Waals surface area (Å²) in [6.45, 7) is 6.66. The average Bonchev–Trinajstić information content (AvgIpc) is 3.08. The Hall–Kier alpha value is -2.75. The lowest BCUT2D eigenvalue weighted by molar-refractivity contribution is 0.315. The largest absolute Gasteiger partial charge is 0.253 e. The molecule has 2 heterocycles. The second kappa shape index (κ2) is 6.28. The predicted molar refractivity (Wildman–Crippen MR) is 99.8 cm³/mol. The number of hydrogen-bond acceptors (Lipinski definition) is 4. The summed E-state index contributed by atoms with van der Waals surface area (Å²) in [5.74, 6) is 0.845. The summed E-state index contributed by atoms with van der Waals surface area (Å²) in [7, 11) is 0. The topological polar surface area (TPSA) is 51.8 Å². The highest BCUT2D eigenvalue weighted by Crippen LogP contribution is 2.27. The fraction of sp³-hybridized carbons (Fsp3) is 0.286. The van der Waals surface area contributed by atoms with Gasteiger partial charge in [0.2, 0.25) is 0 Å². The fourth-order valence-electron chi connectivity index (χ4n) is 3.38. The van der Waals surface area contributed by atoms with E-state index in [9.17, 15) is 0 Å². The van der Waals surface area contributed by atoms with E-state index < -0.39 is 0 Å². The molecule has 2 aromatic carbocycles. The maximum absolute atomic E-state index is 4.89. The first-order valence-corrected chi connectivity index (χ1v) is 8.72. The van der Waals surface area contributed by atoms with E-state index in [4.69, 9.17) is 9.61 Å². The lowest BCUT2D eigenvalue weighted by atomic mass is 9.94. The summed E-state index contributed by atoms with van der Waals surface area (Å²) in [5, 5.41) is 9.05. The molecule has 1 atom stereocenters. The van der Waals surface area contributed by atoms with Gasteiger partial charge in [-0.2, -0.15) is 0 Å². The summed E-state index contributed by atoms with van der Waals surface area (Å²) in [6.07, 6.45) is 0.888. The highest BCUT2D eigenvalue weighted by Gasteiger charge is 2.12. The Bertz CT molecular complexity index is 1040. The van der Waals surface area contributed by atoms with Crippen LogP contribution in [0.3, 0.4) is 0 Å². The van der Waals surface area contributed by atoms with Crippen molar-refractivity contribution in [2.24, 2.45) is 0 Å². The van der Waals surface area contributed by atoms with Gasteiger partial charge in [0.1, 0.15) is 11.0 Å². The molecule has 0 aliphatic carbocycles. The molecule has 0 spiro atoms. The van der Waals surface area contributed by atoms with Crippen molar-refractivity contribution in [3.8, 4) is 0 Å². The quantitative estimate of drug-likeness (QED) is 0.513. The molecule has 0 radical (unpaired) electrons. The first-order chi connectivity index (χ1) is 12.1. The Balaban J connectivity index is 1.63. The molecule has 0 aliphatic heterocycles. The first-order valence-electron chi connectivity index (χ1n) is 8.72. The van der Waals surface area contributed by atoms with Crippen LogP contribution >= 0.6 is 0 Å². The molecule has 0 amide bonds. The van der Waals surface area contributed by atoms with Crippen molar-refractivity contribution in [1.29, 1.82) is 0 Å². The van der Waals surface area contributed by atoms with Gasteiger partial charge in [-0.1, -0.05) is 45.0 Å². The van der Waals surface area contributed by atoms with Crippen molar-refractivity contribution >= 4 is 21.9 Å². The molecule has 126 valence electrons. The monoisotopic (exact) mass is 331 g/mol. The third-order valence-electron chi connectivity index (χ3n) is 4.81. The number of nitrogens with zero attached hydrogens (tertiary/aromatic N) is 3. The van der Waals surface area contributed by atoms with E-state index in [2.05, 4.69) is 73.5 Å². The van der Waals surface area contributed by atoms with E-state index >= 15 is 0 Å². The molecule has 25 heavy (non-hydrogen) atoms. The van der Waals surface area contributed by atoms with Gasteiger partial charge in [0.15, 0.2) is 0 Å². The highest BCUT2D eigenvalue weighted by molar-refractivity contribution is 5.82. The van der Waals surface area contributed by atoms with Crippen molar-refractivity contribution < 1.29 is 4.63 Å². The minimum absolute atomic E-state index is 0.347. The Kier molecular flexibility index (Phi) is 3.96. The minimum Gasteiger partial charge on any atom is -0.253 e. The zero-order chi connectivity index (χ0) is 17.4. The maximum Gasteiger partial charge on any atom is 0.135 e. The molecule has 4 nitrogen and oxygen atoms in total. The summed E-state index contributed by atoms with van der Waals surface area (Å²) in [4.78, 5) is 4.89. The molecule has 0 N–H and O–H groups in total. The van der Waals surface area contributed by atoms with Gasteiger partial charge in [-0.05, 0) is 64.0 Å². The van der Waals surface area contributed by atoms with Gasteiger partial charge in [0, 0.05) is 11.1 Å². The molecule has 0 unspecified atom stereocenters. The second-order valence-electron chi connectivity index (χ2n) is 6.99. The van der Waals surface area contributed by atoms with Crippen molar-refractivity contribution in [3.05, 3.63) is 65.4 Å². The number of aromatic nitrogens is 3. The Morgan fingerprint density at radius 3 is 2.56 bits per heavy atom. The minimum atomic E-state index is 0.347. The Morgan fingerprint density at radius 1 is 0.880 bits per heavy atom. The van der Waals surface area contributed by atoms with E-state index in [-0.39, 0.29) is 0 Å². The van der Waals surface area contributed by atoms with Gasteiger partial charge in [-0.3, -0.25) is 4.98 Å². The first kappa shape index (κ1) is 15.8. The SMILES string of the molecule is CC(C)c1cccc2nc(C[C@H](C)c3ccc4nonc4c3)ccc12. The van der Waals surface area contributed by atoms with Crippen LogP contribution in [0.25, 0.3) is 21.9 Å². The lowest BCUT2D eigenvalue weighted by Gasteiger charge is -2.13. The molecule has 0 fully saturated rings. The van der Waals surface area contributed by atoms with E-state index in [1.807, 2.05) is 6.07 Å². The number of pyridine rings is 1. The van der Waals surface area contributed by atoms with E-state index in [0.29, 0.717) is 11.8 Å². The molecule has 0 aliphatic rings. The predicted octanol–water partition coefficient (Wildman–Crippen LogP) is 5.24. The van der Waals surface area contributed by atoms with Crippen LogP contribution in [-0.2, 0) is 6.42 Å². The standard InChI is InChI=1S/C21H21N3O/c1-13(2)17-5-4-6-19-18(17)9-8-16(22-19)11-14(3)15-7-10-20-21(12-15)24-25-23-20/h4-10,12-14H,11H2,1-3H3/t14-/m0/s1. The normalized spacial score (nSPS) is 13.0.